The van der Waals surface area contributed by atoms with Crippen LogP contribution in [0.3, 0.4) is 0 Å². The van der Waals surface area contributed by atoms with Gasteiger partial charge in [-0.3, -0.25) is 4.68 Å². The Labute approximate surface area is 106 Å². The van der Waals surface area contributed by atoms with E-state index in [0.717, 1.165) is 26.1 Å². The third-order valence-electron chi connectivity index (χ3n) is 3.44. The SMILES string of the molecule is CCc1cc(CNCC(C)(C)CC)n(CC)n1. The van der Waals surface area contributed by atoms with Gasteiger partial charge in [-0.05, 0) is 31.2 Å². The molecular weight excluding hydrogens is 210 g/mol. The van der Waals surface area contributed by atoms with Gasteiger partial charge in [0.15, 0.2) is 0 Å². The Hall–Kier alpha value is -0.830. The van der Waals surface area contributed by atoms with Crippen LogP contribution in [-0.4, -0.2) is 16.3 Å². The summed E-state index contributed by atoms with van der Waals surface area (Å²) in [4.78, 5) is 0. The molecule has 0 saturated heterocycles. The van der Waals surface area contributed by atoms with Crippen LogP contribution in [0.2, 0.25) is 0 Å². The number of rotatable bonds is 7. The van der Waals surface area contributed by atoms with Crippen LogP contribution in [0.25, 0.3) is 0 Å². The highest BCUT2D eigenvalue weighted by atomic mass is 15.3. The fourth-order valence-corrected chi connectivity index (χ4v) is 1.76. The molecule has 0 atom stereocenters. The standard InChI is InChI=1S/C14H27N3/c1-6-12-9-13(17(8-3)16-12)10-15-11-14(4,5)7-2/h9,15H,6-8,10-11H2,1-5H3. The van der Waals surface area contributed by atoms with Crippen molar-refractivity contribution in [3.05, 3.63) is 17.5 Å². The van der Waals surface area contributed by atoms with Crippen LogP contribution in [0.1, 0.15) is 52.4 Å². The first-order valence-corrected chi connectivity index (χ1v) is 6.78. The highest BCUT2D eigenvalue weighted by Gasteiger charge is 2.14. The maximum Gasteiger partial charge on any atom is 0.0625 e. The van der Waals surface area contributed by atoms with Crippen molar-refractivity contribution in [3.8, 4) is 0 Å². The molecule has 0 spiro atoms. The number of nitrogens with one attached hydrogen (secondary N) is 1. The zero-order chi connectivity index (χ0) is 12.9. The van der Waals surface area contributed by atoms with Crippen molar-refractivity contribution in [1.29, 1.82) is 0 Å². The Bertz CT molecular complexity index is 339. The van der Waals surface area contributed by atoms with Gasteiger partial charge in [0.2, 0.25) is 0 Å². The van der Waals surface area contributed by atoms with E-state index in [9.17, 15) is 0 Å². The zero-order valence-electron chi connectivity index (χ0n) is 12.0. The van der Waals surface area contributed by atoms with Gasteiger partial charge in [0, 0.05) is 19.6 Å². The summed E-state index contributed by atoms with van der Waals surface area (Å²) in [7, 11) is 0. The lowest BCUT2D eigenvalue weighted by Crippen LogP contribution is -2.29. The summed E-state index contributed by atoms with van der Waals surface area (Å²) in [5, 5.41) is 8.10. The summed E-state index contributed by atoms with van der Waals surface area (Å²) in [6.45, 7) is 14.1. The zero-order valence-corrected chi connectivity index (χ0v) is 12.0. The number of aromatic nitrogens is 2. The van der Waals surface area contributed by atoms with E-state index in [1.807, 2.05) is 0 Å². The number of hydrogen-bond acceptors (Lipinski definition) is 2. The molecule has 0 aromatic carbocycles. The summed E-state index contributed by atoms with van der Waals surface area (Å²) in [6, 6.07) is 2.22. The van der Waals surface area contributed by atoms with E-state index in [0.29, 0.717) is 5.41 Å². The monoisotopic (exact) mass is 237 g/mol. The van der Waals surface area contributed by atoms with Crippen LogP contribution >= 0.6 is 0 Å². The van der Waals surface area contributed by atoms with Crippen LogP contribution in [0.15, 0.2) is 6.07 Å². The lowest BCUT2D eigenvalue weighted by atomic mass is 9.90. The van der Waals surface area contributed by atoms with Crippen LogP contribution in [0.5, 0.6) is 0 Å². The molecule has 0 radical (unpaired) electrons. The molecule has 0 amide bonds. The lowest BCUT2D eigenvalue weighted by molar-refractivity contribution is 0.325. The third kappa shape index (κ3) is 4.15. The molecule has 0 aliphatic carbocycles. The molecule has 98 valence electrons. The van der Waals surface area contributed by atoms with Gasteiger partial charge in [0.1, 0.15) is 0 Å². The van der Waals surface area contributed by atoms with E-state index in [1.54, 1.807) is 0 Å². The molecule has 1 rings (SSSR count). The molecule has 3 heteroatoms. The highest BCUT2D eigenvalue weighted by Crippen LogP contribution is 2.18. The lowest BCUT2D eigenvalue weighted by Gasteiger charge is -2.23. The minimum absolute atomic E-state index is 0.380. The fourth-order valence-electron chi connectivity index (χ4n) is 1.76. The maximum absolute atomic E-state index is 4.56. The third-order valence-corrected chi connectivity index (χ3v) is 3.44. The van der Waals surface area contributed by atoms with Crippen molar-refractivity contribution < 1.29 is 0 Å². The molecule has 0 fully saturated rings. The van der Waals surface area contributed by atoms with E-state index < -0.39 is 0 Å². The van der Waals surface area contributed by atoms with Gasteiger partial charge in [-0.25, -0.2) is 0 Å². The van der Waals surface area contributed by atoms with Gasteiger partial charge in [-0.15, -0.1) is 0 Å². The molecule has 0 bridgehead atoms. The molecule has 17 heavy (non-hydrogen) atoms. The summed E-state index contributed by atoms with van der Waals surface area (Å²) in [6.07, 6.45) is 2.22. The second-order valence-electron chi connectivity index (χ2n) is 5.42. The molecule has 1 heterocycles. The Balaban J connectivity index is 2.54. The molecule has 1 N–H and O–H groups in total. The Morgan fingerprint density at radius 2 is 2.00 bits per heavy atom. The topological polar surface area (TPSA) is 29.9 Å². The van der Waals surface area contributed by atoms with Crippen molar-refractivity contribution >= 4 is 0 Å². The second-order valence-corrected chi connectivity index (χ2v) is 5.42. The first-order valence-electron chi connectivity index (χ1n) is 6.78. The quantitative estimate of drug-likeness (QED) is 0.790. The average molecular weight is 237 g/mol. The normalized spacial score (nSPS) is 12.1. The van der Waals surface area contributed by atoms with Crippen LogP contribution < -0.4 is 5.32 Å². The van der Waals surface area contributed by atoms with Crippen molar-refractivity contribution in [2.45, 2.75) is 60.5 Å². The van der Waals surface area contributed by atoms with Crippen molar-refractivity contribution in [2.24, 2.45) is 5.41 Å². The van der Waals surface area contributed by atoms with Crippen LogP contribution in [0.4, 0.5) is 0 Å². The van der Waals surface area contributed by atoms with Gasteiger partial charge in [0.05, 0.1) is 11.4 Å². The molecule has 0 aliphatic rings. The van der Waals surface area contributed by atoms with Crippen LogP contribution in [-0.2, 0) is 19.5 Å². The van der Waals surface area contributed by atoms with Gasteiger partial charge in [-0.1, -0.05) is 27.7 Å². The van der Waals surface area contributed by atoms with E-state index in [2.05, 4.69) is 55.8 Å². The molecule has 0 aliphatic heterocycles. The molecule has 0 saturated carbocycles. The number of nitrogens with zero attached hydrogens (tertiary/aromatic N) is 2. The molecule has 0 unspecified atom stereocenters. The molecule has 3 nitrogen and oxygen atoms in total. The Morgan fingerprint density at radius 1 is 1.29 bits per heavy atom. The van der Waals surface area contributed by atoms with Crippen molar-refractivity contribution in [2.75, 3.05) is 6.54 Å². The maximum atomic E-state index is 4.56. The Morgan fingerprint density at radius 3 is 2.53 bits per heavy atom. The summed E-state index contributed by atoms with van der Waals surface area (Å²) >= 11 is 0. The summed E-state index contributed by atoms with van der Waals surface area (Å²) < 4.78 is 2.10. The van der Waals surface area contributed by atoms with Crippen molar-refractivity contribution in [1.82, 2.24) is 15.1 Å². The van der Waals surface area contributed by atoms with Gasteiger partial charge < -0.3 is 5.32 Å². The average Bonchev–Trinajstić information content (AvgIpc) is 2.71. The van der Waals surface area contributed by atoms with E-state index in [1.165, 1.54) is 17.8 Å². The van der Waals surface area contributed by atoms with E-state index in [4.69, 9.17) is 0 Å². The van der Waals surface area contributed by atoms with E-state index in [-0.39, 0.29) is 0 Å². The largest absolute Gasteiger partial charge is 0.311 e. The fraction of sp³-hybridized carbons (Fsp3) is 0.786. The minimum Gasteiger partial charge on any atom is -0.311 e. The second kappa shape index (κ2) is 6.20. The van der Waals surface area contributed by atoms with E-state index >= 15 is 0 Å². The predicted octanol–water partition coefficient (Wildman–Crippen LogP) is 2.99. The molecule has 1 aromatic heterocycles. The van der Waals surface area contributed by atoms with Gasteiger partial charge >= 0.3 is 0 Å². The summed E-state index contributed by atoms with van der Waals surface area (Å²) in [5.41, 5.74) is 2.87. The Kier molecular flexibility index (Phi) is 5.19. The van der Waals surface area contributed by atoms with Crippen LogP contribution in [0, 0.1) is 5.41 Å². The smallest absolute Gasteiger partial charge is 0.0625 e. The summed E-state index contributed by atoms with van der Waals surface area (Å²) in [5.74, 6) is 0. The van der Waals surface area contributed by atoms with Gasteiger partial charge in [-0.2, -0.15) is 5.10 Å². The first-order chi connectivity index (χ1) is 8.02. The van der Waals surface area contributed by atoms with Crippen molar-refractivity contribution in [3.63, 3.8) is 0 Å². The minimum atomic E-state index is 0.380. The first kappa shape index (κ1) is 14.2. The van der Waals surface area contributed by atoms with Gasteiger partial charge in [0.25, 0.3) is 0 Å². The molecule has 1 aromatic rings. The number of aryl methyl sites for hydroxylation is 2. The molecular formula is C14H27N3. The highest BCUT2D eigenvalue weighted by molar-refractivity contribution is 5.10. The number of hydrogen-bond donors (Lipinski definition) is 1. The predicted molar refractivity (Wildman–Crippen MR) is 73.1 cm³/mol.